The van der Waals surface area contributed by atoms with Crippen LogP contribution >= 0.6 is 23.2 Å². The number of phenolic OH excluding ortho intramolecular Hbond substituents is 1. The Morgan fingerprint density at radius 3 is 2.50 bits per heavy atom. The highest BCUT2D eigenvalue weighted by Gasteiger charge is 2.22. The maximum absolute atomic E-state index is 12.6. The van der Waals surface area contributed by atoms with E-state index >= 15 is 0 Å². The maximum atomic E-state index is 12.6. The molecule has 4 rings (SSSR count). The topological polar surface area (TPSA) is 114 Å². The minimum Gasteiger partial charge on any atom is -0.505 e. The summed E-state index contributed by atoms with van der Waals surface area (Å²) in [5, 5.41) is 29.3. The van der Waals surface area contributed by atoms with Gasteiger partial charge in [0, 0.05) is 30.1 Å². The number of aryl methyl sites for hydroxylation is 1. The first-order valence-corrected chi connectivity index (χ1v) is 13.7. The average Bonchev–Trinajstić information content (AvgIpc) is 2.90. The van der Waals surface area contributed by atoms with Crippen LogP contribution in [0.2, 0.25) is 10.0 Å². The quantitative estimate of drug-likeness (QED) is 0.173. The third-order valence-electron chi connectivity index (χ3n) is 6.82. The number of aromatic amines is 1. The molecular formula is C31H33Cl2N3O4. The number of carbonyl (C=O) groups is 1. The summed E-state index contributed by atoms with van der Waals surface area (Å²) in [6.07, 6.45) is 0.0515. The van der Waals surface area contributed by atoms with Crippen molar-refractivity contribution in [2.24, 2.45) is 0 Å². The molecule has 1 amide bonds. The summed E-state index contributed by atoms with van der Waals surface area (Å²) in [6.45, 7) is 6.46. The van der Waals surface area contributed by atoms with Gasteiger partial charge in [0.2, 0.25) is 11.5 Å². The number of aromatic nitrogens is 1. The van der Waals surface area contributed by atoms with Crippen molar-refractivity contribution in [1.82, 2.24) is 15.6 Å². The Hall–Kier alpha value is -3.36. The van der Waals surface area contributed by atoms with Crippen LogP contribution in [0.25, 0.3) is 10.9 Å². The number of phenols is 1. The fourth-order valence-electron chi connectivity index (χ4n) is 4.76. The molecule has 9 heteroatoms. The summed E-state index contributed by atoms with van der Waals surface area (Å²) in [7, 11) is 0. The van der Waals surface area contributed by atoms with Crippen molar-refractivity contribution in [3.63, 3.8) is 0 Å². The first-order valence-electron chi connectivity index (χ1n) is 13.0. The number of rotatable bonds is 10. The van der Waals surface area contributed by atoms with Gasteiger partial charge in [-0.05, 0) is 79.3 Å². The summed E-state index contributed by atoms with van der Waals surface area (Å²) in [4.78, 5) is 27.0. The van der Waals surface area contributed by atoms with Crippen LogP contribution in [0.15, 0.2) is 65.5 Å². The largest absolute Gasteiger partial charge is 0.505 e. The Kier molecular flexibility index (Phi) is 9.21. The molecule has 1 aromatic heterocycles. The number of aliphatic hydroxyl groups is 1. The molecule has 1 atom stereocenters. The van der Waals surface area contributed by atoms with Gasteiger partial charge in [-0.2, -0.15) is 0 Å². The van der Waals surface area contributed by atoms with Crippen molar-refractivity contribution in [2.75, 3.05) is 6.54 Å². The van der Waals surface area contributed by atoms with E-state index in [4.69, 9.17) is 23.2 Å². The molecule has 5 N–H and O–H groups in total. The molecule has 0 aliphatic rings. The number of pyridine rings is 1. The van der Waals surface area contributed by atoms with Crippen molar-refractivity contribution >= 4 is 40.0 Å². The Balaban J connectivity index is 1.36. The van der Waals surface area contributed by atoms with E-state index < -0.39 is 6.10 Å². The van der Waals surface area contributed by atoms with Crippen molar-refractivity contribution in [1.29, 1.82) is 0 Å². The second kappa shape index (κ2) is 12.4. The van der Waals surface area contributed by atoms with E-state index in [-0.39, 0.29) is 35.7 Å². The van der Waals surface area contributed by atoms with Gasteiger partial charge in [0.25, 0.3) is 0 Å². The molecule has 4 aromatic rings. The van der Waals surface area contributed by atoms with E-state index in [2.05, 4.69) is 15.6 Å². The number of nitrogens with one attached hydrogen (secondary N) is 3. The Bertz CT molecular complexity index is 1600. The summed E-state index contributed by atoms with van der Waals surface area (Å²) in [6, 6.07) is 17.9. The van der Waals surface area contributed by atoms with Crippen LogP contribution in [0.3, 0.4) is 0 Å². The monoisotopic (exact) mass is 581 g/mol. The summed E-state index contributed by atoms with van der Waals surface area (Å²) in [5.74, 6) is -0.0960. The molecule has 40 heavy (non-hydrogen) atoms. The molecule has 0 spiro atoms. The lowest BCUT2D eigenvalue weighted by molar-refractivity contribution is -0.120. The first-order chi connectivity index (χ1) is 18.9. The van der Waals surface area contributed by atoms with Crippen LogP contribution in [0.4, 0.5) is 0 Å². The number of carbonyl (C=O) groups excluding carboxylic acids is 1. The predicted molar refractivity (Wildman–Crippen MR) is 160 cm³/mol. The highest BCUT2D eigenvalue weighted by molar-refractivity contribution is 6.42. The van der Waals surface area contributed by atoms with Gasteiger partial charge in [0.1, 0.15) is 5.75 Å². The van der Waals surface area contributed by atoms with E-state index in [0.29, 0.717) is 45.0 Å². The molecule has 0 aliphatic heterocycles. The molecule has 0 saturated heterocycles. The minimum atomic E-state index is -0.863. The molecule has 0 saturated carbocycles. The zero-order chi connectivity index (χ0) is 29.0. The number of hydrogen-bond acceptors (Lipinski definition) is 5. The van der Waals surface area contributed by atoms with Crippen molar-refractivity contribution in [2.45, 2.75) is 51.8 Å². The predicted octanol–water partition coefficient (Wildman–Crippen LogP) is 5.35. The minimum absolute atomic E-state index is 0.000112. The third kappa shape index (κ3) is 7.43. The van der Waals surface area contributed by atoms with Gasteiger partial charge in [0.05, 0.1) is 28.1 Å². The number of H-pyrrole nitrogens is 1. The molecule has 210 valence electrons. The van der Waals surface area contributed by atoms with Crippen molar-refractivity contribution in [3.8, 4) is 5.75 Å². The number of β-amino-alcohol motifs (C(OH)–C–C–N with tert-alkyl or cyclic N) is 1. The van der Waals surface area contributed by atoms with Gasteiger partial charge in [-0.15, -0.1) is 0 Å². The second-order valence-electron chi connectivity index (χ2n) is 10.7. The average molecular weight is 583 g/mol. The van der Waals surface area contributed by atoms with Crippen molar-refractivity contribution < 1.29 is 15.0 Å². The zero-order valence-corrected chi connectivity index (χ0v) is 24.2. The van der Waals surface area contributed by atoms with Crippen LogP contribution in [0, 0.1) is 6.92 Å². The van der Waals surface area contributed by atoms with Gasteiger partial charge in [-0.3, -0.25) is 9.59 Å². The number of aliphatic hydroxyl groups excluding tert-OH is 1. The van der Waals surface area contributed by atoms with Crippen LogP contribution < -0.4 is 16.2 Å². The first kappa shape index (κ1) is 29.6. The molecule has 1 heterocycles. The number of amides is 1. The standard InChI is InChI=1S/C31H33Cl2N3O4/c1-18-11-23(22-8-10-27(38)36-29(22)30(18)40)26(37)17-35-31(2,3)15-20-6-4-5-19(12-20)14-28(39)34-16-21-7-9-24(32)25(33)13-21/h4-13,26,35,37,40H,14-17H2,1-3H3,(H,34,39)(H,36,38)/t26-/m0/s1. The molecule has 0 bridgehead atoms. The van der Waals surface area contributed by atoms with Crippen LogP contribution in [-0.4, -0.2) is 33.2 Å². The van der Waals surface area contributed by atoms with Gasteiger partial charge in [0.15, 0.2) is 0 Å². The van der Waals surface area contributed by atoms with Gasteiger partial charge in [-0.25, -0.2) is 0 Å². The highest BCUT2D eigenvalue weighted by Crippen LogP contribution is 2.32. The van der Waals surface area contributed by atoms with E-state index in [1.165, 1.54) is 6.07 Å². The molecular weight excluding hydrogens is 549 g/mol. The number of aromatic hydroxyl groups is 1. The zero-order valence-electron chi connectivity index (χ0n) is 22.6. The second-order valence-corrected chi connectivity index (χ2v) is 11.5. The van der Waals surface area contributed by atoms with Gasteiger partial charge in [-0.1, -0.05) is 53.5 Å². The van der Waals surface area contributed by atoms with Crippen LogP contribution in [0.5, 0.6) is 5.75 Å². The number of fused-ring (bicyclic) bond motifs is 1. The molecule has 3 aromatic carbocycles. The van der Waals surface area contributed by atoms with Gasteiger partial charge < -0.3 is 25.8 Å². The number of hydrogen-bond donors (Lipinski definition) is 5. The fourth-order valence-corrected chi connectivity index (χ4v) is 5.08. The summed E-state index contributed by atoms with van der Waals surface area (Å²) in [5.41, 5.74) is 3.66. The van der Waals surface area contributed by atoms with E-state index in [9.17, 15) is 19.8 Å². The normalized spacial score (nSPS) is 12.4. The van der Waals surface area contributed by atoms with E-state index in [0.717, 1.165) is 16.7 Å². The third-order valence-corrected chi connectivity index (χ3v) is 7.56. The van der Waals surface area contributed by atoms with E-state index in [1.54, 1.807) is 31.2 Å². The number of halogens is 2. The summed E-state index contributed by atoms with van der Waals surface area (Å²) >= 11 is 12.0. The van der Waals surface area contributed by atoms with Crippen LogP contribution in [0.1, 0.15) is 47.8 Å². The van der Waals surface area contributed by atoms with Crippen molar-refractivity contribution in [3.05, 3.63) is 109 Å². The Morgan fingerprint density at radius 1 is 1.00 bits per heavy atom. The molecule has 0 fully saturated rings. The van der Waals surface area contributed by atoms with Crippen LogP contribution in [-0.2, 0) is 24.2 Å². The highest BCUT2D eigenvalue weighted by atomic mass is 35.5. The molecule has 0 unspecified atom stereocenters. The van der Waals surface area contributed by atoms with E-state index in [1.807, 2.05) is 44.2 Å². The smallest absolute Gasteiger partial charge is 0.248 e. The Labute approximate surface area is 243 Å². The lowest BCUT2D eigenvalue weighted by Crippen LogP contribution is -2.43. The number of benzene rings is 3. The Morgan fingerprint density at radius 2 is 1.75 bits per heavy atom. The SMILES string of the molecule is Cc1cc([C@@H](O)CNC(C)(C)Cc2cccc(CC(=O)NCc3ccc(Cl)c(Cl)c3)c2)c2ccc(=O)[nH]c2c1O. The molecule has 7 nitrogen and oxygen atoms in total. The lowest BCUT2D eigenvalue weighted by atomic mass is 9.92. The fraction of sp³-hybridized carbons (Fsp3) is 0.290. The lowest BCUT2D eigenvalue weighted by Gasteiger charge is -2.29. The molecule has 0 radical (unpaired) electrons. The summed E-state index contributed by atoms with van der Waals surface area (Å²) < 4.78 is 0. The molecule has 0 aliphatic carbocycles. The maximum Gasteiger partial charge on any atom is 0.248 e. The van der Waals surface area contributed by atoms with Gasteiger partial charge >= 0.3 is 0 Å².